The van der Waals surface area contributed by atoms with Gasteiger partial charge in [0.05, 0.1) is 15.2 Å². The molecule has 7 heteroatoms. The highest BCUT2D eigenvalue weighted by molar-refractivity contribution is 7.18. The number of aromatic nitrogens is 1. The highest BCUT2D eigenvalue weighted by atomic mass is 32.1. The minimum absolute atomic E-state index is 0.0425. The Kier molecular flexibility index (Phi) is 5.30. The Balaban J connectivity index is 1.48. The van der Waals surface area contributed by atoms with Crippen LogP contribution in [0.25, 0.3) is 10.2 Å². The van der Waals surface area contributed by atoms with Gasteiger partial charge in [-0.3, -0.25) is 4.79 Å². The van der Waals surface area contributed by atoms with Gasteiger partial charge in [0.25, 0.3) is 0 Å². The predicted molar refractivity (Wildman–Crippen MR) is 95.2 cm³/mol. The summed E-state index contributed by atoms with van der Waals surface area (Å²) in [7, 11) is 0. The molecule has 0 bridgehead atoms. The minimum atomic E-state index is -0.0425. The summed E-state index contributed by atoms with van der Waals surface area (Å²) in [5, 5.41) is 3.80. The molecular formula is C17H22N4O2S. The van der Waals surface area contributed by atoms with E-state index in [1.165, 1.54) is 0 Å². The fourth-order valence-corrected chi connectivity index (χ4v) is 3.79. The van der Waals surface area contributed by atoms with E-state index in [4.69, 9.17) is 0 Å². The number of amides is 3. The molecule has 0 unspecified atom stereocenters. The first kappa shape index (κ1) is 16.7. The number of benzene rings is 1. The van der Waals surface area contributed by atoms with Crippen molar-refractivity contribution in [2.75, 3.05) is 32.7 Å². The zero-order chi connectivity index (χ0) is 16.9. The topological polar surface area (TPSA) is 65.5 Å². The maximum Gasteiger partial charge on any atom is 0.317 e. The molecule has 128 valence electrons. The second-order valence-electron chi connectivity index (χ2n) is 5.78. The smallest absolute Gasteiger partial charge is 0.317 e. The molecule has 2 heterocycles. The largest absolute Gasteiger partial charge is 0.339 e. The second-order valence-corrected chi connectivity index (χ2v) is 6.89. The van der Waals surface area contributed by atoms with E-state index in [1.807, 2.05) is 30.0 Å². The number of hydrogen-bond acceptors (Lipinski definition) is 4. The summed E-state index contributed by atoms with van der Waals surface area (Å²) in [6, 6.07) is 7.99. The van der Waals surface area contributed by atoms with Crippen LogP contribution in [-0.2, 0) is 11.2 Å². The first-order chi connectivity index (χ1) is 11.7. The third kappa shape index (κ3) is 3.84. The average molecular weight is 346 g/mol. The zero-order valence-electron chi connectivity index (χ0n) is 13.8. The molecule has 6 nitrogen and oxygen atoms in total. The van der Waals surface area contributed by atoms with Crippen molar-refractivity contribution in [1.82, 2.24) is 20.1 Å². The normalized spacial score (nSPS) is 14.9. The predicted octanol–water partition coefficient (Wildman–Crippen LogP) is 2.10. The van der Waals surface area contributed by atoms with Crippen LogP contribution < -0.4 is 5.32 Å². The number of thiazole rings is 1. The van der Waals surface area contributed by atoms with Gasteiger partial charge in [0.15, 0.2) is 0 Å². The summed E-state index contributed by atoms with van der Waals surface area (Å²) in [6.45, 7) is 4.93. The van der Waals surface area contributed by atoms with Crippen LogP contribution >= 0.6 is 11.3 Å². The number of nitrogens with one attached hydrogen (secondary N) is 1. The number of carbonyl (C=O) groups excluding carboxylic acids is 2. The summed E-state index contributed by atoms with van der Waals surface area (Å²) in [4.78, 5) is 32.3. The first-order valence-electron chi connectivity index (χ1n) is 8.32. The van der Waals surface area contributed by atoms with Crippen molar-refractivity contribution in [2.24, 2.45) is 0 Å². The molecule has 0 aliphatic carbocycles. The summed E-state index contributed by atoms with van der Waals surface area (Å²) in [6.07, 6.45) is 1.15. The number of piperazine rings is 1. The lowest BCUT2D eigenvalue weighted by Crippen LogP contribution is -2.53. The number of para-hydroxylation sites is 1. The summed E-state index contributed by atoms with van der Waals surface area (Å²) in [5.41, 5.74) is 1.00. The first-order valence-corrected chi connectivity index (χ1v) is 9.14. The standard InChI is InChI=1S/C17H22N4O2S/c1-2-18-17(23)21-11-9-20(10-12-21)16(22)8-7-15-19-13-5-3-4-6-14(13)24-15/h3-6H,2,7-12H2,1H3,(H,18,23). The molecule has 0 saturated carbocycles. The van der Waals surface area contributed by atoms with Gasteiger partial charge in [0.2, 0.25) is 5.91 Å². The van der Waals surface area contributed by atoms with Crippen LogP contribution in [0.15, 0.2) is 24.3 Å². The van der Waals surface area contributed by atoms with Crippen LogP contribution in [0.2, 0.25) is 0 Å². The number of carbonyl (C=O) groups is 2. The van der Waals surface area contributed by atoms with Gasteiger partial charge in [-0.1, -0.05) is 12.1 Å². The van der Waals surface area contributed by atoms with Gasteiger partial charge in [-0.2, -0.15) is 0 Å². The van der Waals surface area contributed by atoms with E-state index in [0.717, 1.165) is 15.2 Å². The summed E-state index contributed by atoms with van der Waals surface area (Å²) in [5.74, 6) is 0.143. The lowest BCUT2D eigenvalue weighted by Gasteiger charge is -2.34. The van der Waals surface area contributed by atoms with Crippen LogP contribution in [0.5, 0.6) is 0 Å². The molecule has 3 amide bonds. The van der Waals surface area contributed by atoms with Crippen molar-refractivity contribution >= 4 is 33.5 Å². The fourth-order valence-electron chi connectivity index (χ4n) is 2.82. The fraction of sp³-hybridized carbons (Fsp3) is 0.471. The molecule has 24 heavy (non-hydrogen) atoms. The molecule has 3 rings (SSSR count). The molecule has 0 spiro atoms. The van der Waals surface area contributed by atoms with E-state index in [0.29, 0.717) is 45.6 Å². The third-order valence-corrected chi connectivity index (χ3v) is 5.23. The van der Waals surface area contributed by atoms with Crippen LogP contribution in [0.4, 0.5) is 4.79 Å². The SMILES string of the molecule is CCNC(=O)N1CCN(C(=O)CCc2nc3ccccc3s2)CC1. The van der Waals surface area contributed by atoms with Crippen molar-refractivity contribution in [3.05, 3.63) is 29.3 Å². The number of aryl methyl sites for hydroxylation is 1. The molecule has 1 saturated heterocycles. The number of nitrogens with zero attached hydrogens (tertiary/aromatic N) is 3. The maximum atomic E-state index is 12.4. The Morgan fingerprint density at radius 1 is 1.17 bits per heavy atom. The Morgan fingerprint density at radius 2 is 1.88 bits per heavy atom. The van der Waals surface area contributed by atoms with Gasteiger partial charge in [-0.05, 0) is 19.1 Å². The lowest BCUT2D eigenvalue weighted by molar-refractivity contribution is -0.132. The van der Waals surface area contributed by atoms with Gasteiger partial charge >= 0.3 is 6.03 Å². The lowest BCUT2D eigenvalue weighted by atomic mass is 10.2. The molecule has 1 aliphatic heterocycles. The number of hydrogen-bond donors (Lipinski definition) is 1. The van der Waals surface area contributed by atoms with Gasteiger partial charge in [-0.25, -0.2) is 9.78 Å². The van der Waals surface area contributed by atoms with Gasteiger partial charge in [0, 0.05) is 45.6 Å². The molecule has 1 aromatic carbocycles. The van der Waals surface area contributed by atoms with E-state index in [-0.39, 0.29) is 11.9 Å². The Bertz CT molecular complexity index is 689. The van der Waals surface area contributed by atoms with E-state index in [1.54, 1.807) is 16.2 Å². The second kappa shape index (κ2) is 7.61. The van der Waals surface area contributed by atoms with Crippen LogP contribution in [-0.4, -0.2) is 59.4 Å². The maximum absolute atomic E-state index is 12.4. The average Bonchev–Trinajstić information content (AvgIpc) is 3.03. The van der Waals surface area contributed by atoms with Crippen LogP contribution in [0.1, 0.15) is 18.4 Å². The minimum Gasteiger partial charge on any atom is -0.339 e. The van der Waals surface area contributed by atoms with Crippen molar-refractivity contribution in [2.45, 2.75) is 19.8 Å². The number of rotatable bonds is 4. The van der Waals surface area contributed by atoms with E-state index >= 15 is 0 Å². The highest BCUT2D eigenvalue weighted by Gasteiger charge is 2.23. The number of urea groups is 1. The molecular weight excluding hydrogens is 324 g/mol. The van der Waals surface area contributed by atoms with E-state index in [9.17, 15) is 9.59 Å². The number of fused-ring (bicyclic) bond motifs is 1. The zero-order valence-corrected chi connectivity index (χ0v) is 14.6. The third-order valence-electron chi connectivity index (χ3n) is 4.14. The van der Waals surface area contributed by atoms with E-state index in [2.05, 4.69) is 16.4 Å². The molecule has 1 aliphatic rings. The van der Waals surface area contributed by atoms with Crippen molar-refractivity contribution in [3.63, 3.8) is 0 Å². The quantitative estimate of drug-likeness (QED) is 0.922. The van der Waals surface area contributed by atoms with E-state index < -0.39 is 0 Å². The highest BCUT2D eigenvalue weighted by Crippen LogP contribution is 2.22. The molecule has 1 fully saturated rings. The molecule has 2 aromatic rings. The summed E-state index contributed by atoms with van der Waals surface area (Å²) < 4.78 is 1.16. The van der Waals surface area contributed by atoms with Crippen molar-refractivity contribution < 1.29 is 9.59 Å². The molecule has 0 radical (unpaired) electrons. The Morgan fingerprint density at radius 3 is 2.58 bits per heavy atom. The van der Waals surface area contributed by atoms with Gasteiger partial charge < -0.3 is 15.1 Å². The monoisotopic (exact) mass is 346 g/mol. The summed E-state index contributed by atoms with van der Waals surface area (Å²) >= 11 is 1.65. The Hall–Kier alpha value is -2.15. The van der Waals surface area contributed by atoms with Gasteiger partial charge in [0.1, 0.15) is 0 Å². The molecule has 1 N–H and O–H groups in total. The van der Waals surface area contributed by atoms with Crippen molar-refractivity contribution in [3.8, 4) is 0 Å². The van der Waals surface area contributed by atoms with Crippen LogP contribution in [0, 0.1) is 0 Å². The molecule has 1 aromatic heterocycles. The molecule has 0 atom stereocenters. The van der Waals surface area contributed by atoms with Gasteiger partial charge in [-0.15, -0.1) is 11.3 Å². The Labute approximate surface area is 145 Å². The van der Waals surface area contributed by atoms with Crippen LogP contribution in [0.3, 0.4) is 0 Å². The van der Waals surface area contributed by atoms with Crippen molar-refractivity contribution in [1.29, 1.82) is 0 Å².